The number of benzene rings is 2. The minimum Gasteiger partial charge on any atom is -0.493 e. The van der Waals surface area contributed by atoms with Gasteiger partial charge in [0.25, 0.3) is 0 Å². The summed E-state index contributed by atoms with van der Waals surface area (Å²) in [7, 11) is 1.58. The molecule has 5 nitrogen and oxygen atoms in total. The van der Waals surface area contributed by atoms with Crippen LogP contribution in [-0.4, -0.2) is 23.2 Å². The molecule has 1 aromatic heterocycles. The lowest BCUT2D eigenvalue weighted by Crippen LogP contribution is -1.98. The van der Waals surface area contributed by atoms with Gasteiger partial charge in [-0.2, -0.15) is 0 Å². The molecule has 0 bridgehead atoms. The van der Waals surface area contributed by atoms with Crippen molar-refractivity contribution in [2.75, 3.05) is 7.11 Å². The van der Waals surface area contributed by atoms with Crippen molar-refractivity contribution in [1.82, 2.24) is 4.98 Å². The fraction of sp³-hybridized carbons (Fsp3) is 0.200. The molecule has 134 valence electrons. The van der Waals surface area contributed by atoms with Crippen LogP contribution in [0.3, 0.4) is 0 Å². The van der Waals surface area contributed by atoms with E-state index >= 15 is 0 Å². The smallest absolute Gasteiger partial charge is 0.347 e. The number of carboxylic acids is 1. The molecule has 26 heavy (non-hydrogen) atoms. The van der Waals surface area contributed by atoms with Crippen molar-refractivity contribution in [2.24, 2.45) is 0 Å². The van der Waals surface area contributed by atoms with Crippen molar-refractivity contribution in [2.45, 2.75) is 20.5 Å². The molecule has 0 saturated carbocycles. The van der Waals surface area contributed by atoms with Crippen LogP contribution in [-0.2, 0) is 6.61 Å². The van der Waals surface area contributed by atoms with Crippen LogP contribution in [0.1, 0.15) is 26.5 Å². The number of hydrogen-bond acceptors (Lipinski definition) is 5. The van der Waals surface area contributed by atoms with E-state index in [2.05, 4.69) is 4.98 Å². The fourth-order valence-corrected chi connectivity index (χ4v) is 3.38. The molecule has 0 saturated heterocycles. The monoisotopic (exact) mass is 369 g/mol. The SMILES string of the molecule is COc1cc(-c2nc(C)c(C(=O)O)s2)ccc1OCc1ccc(C)cc1. The van der Waals surface area contributed by atoms with Gasteiger partial charge >= 0.3 is 5.97 Å². The summed E-state index contributed by atoms with van der Waals surface area (Å²) in [6.45, 7) is 4.18. The Balaban J connectivity index is 1.82. The van der Waals surface area contributed by atoms with Gasteiger partial charge in [-0.1, -0.05) is 29.8 Å². The number of aromatic nitrogens is 1. The Morgan fingerprint density at radius 3 is 2.46 bits per heavy atom. The van der Waals surface area contributed by atoms with E-state index in [1.807, 2.05) is 49.4 Å². The number of thiazole rings is 1. The highest BCUT2D eigenvalue weighted by atomic mass is 32.1. The summed E-state index contributed by atoms with van der Waals surface area (Å²) < 4.78 is 11.3. The summed E-state index contributed by atoms with van der Waals surface area (Å²) in [6.07, 6.45) is 0. The van der Waals surface area contributed by atoms with Crippen LogP contribution in [0.2, 0.25) is 0 Å². The predicted molar refractivity (Wildman–Crippen MR) is 101 cm³/mol. The maximum atomic E-state index is 11.2. The number of rotatable bonds is 6. The topological polar surface area (TPSA) is 68.7 Å². The number of ether oxygens (including phenoxy) is 2. The molecule has 0 spiro atoms. The second-order valence-electron chi connectivity index (χ2n) is 5.88. The highest BCUT2D eigenvalue weighted by Crippen LogP contribution is 2.35. The lowest BCUT2D eigenvalue weighted by molar-refractivity contribution is 0.0701. The predicted octanol–water partition coefficient (Wildman–Crippen LogP) is 4.71. The third-order valence-corrected chi connectivity index (χ3v) is 5.11. The van der Waals surface area contributed by atoms with Gasteiger partial charge < -0.3 is 14.6 Å². The van der Waals surface area contributed by atoms with Gasteiger partial charge in [-0.15, -0.1) is 11.3 Å². The zero-order valence-electron chi connectivity index (χ0n) is 14.8. The molecule has 6 heteroatoms. The van der Waals surface area contributed by atoms with Gasteiger partial charge in [0.1, 0.15) is 16.5 Å². The third kappa shape index (κ3) is 3.86. The fourth-order valence-electron chi connectivity index (χ4n) is 2.48. The van der Waals surface area contributed by atoms with Gasteiger partial charge in [0.2, 0.25) is 0 Å². The summed E-state index contributed by atoms with van der Waals surface area (Å²) in [5.41, 5.74) is 3.58. The Morgan fingerprint density at radius 2 is 1.85 bits per heavy atom. The van der Waals surface area contributed by atoms with Crippen LogP contribution in [0.15, 0.2) is 42.5 Å². The Morgan fingerprint density at radius 1 is 1.12 bits per heavy atom. The van der Waals surface area contributed by atoms with Gasteiger partial charge in [0.15, 0.2) is 11.5 Å². The summed E-state index contributed by atoms with van der Waals surface area (Å²) in [6, 6.07) is 13.6. The van der Waals surface area contributed by atoms with E-state index in [0.29, 0.717) is 28.8 Å². The Kier molecular flexibility index (Phi) is 5.23. The van der Waals surface area contributed by atoms with Gasteiger partial charge in [0.05, 0.1) is 12.8 Å². The molecule has 0 aliphatic heterocycles. The Bertz CT molecular complexity index is 931. The number of methoxy groups -OCH3 is 1. The maximum Gasteiger partial charge on any atom is 0.347 e. The second-order valence-corrected chi connectivity index (χ2v) is 6.88. The number of nitrogens with zero attached hydrogens (tertiary/aromatic N) is 1. The van der Waals surface area contributed by atoms with Crippen molar-refractivity contribution in [3.05, 3.63) is 64.2 Å². The van der Waals surface area contributed by atoms with E-state index in [-0.39, 0.29) is 4.88 Å². The third-order valence-electron chi connectivity index (χ3n) is 3.92. The summed E-state index contributed by atoms with van der Waals surface area (Å²) in [5.74, 6) is 0.249. The number of carbonyl (C=O) groups is 1. The van der Waals surface area contributed by atoms with Crippen molar-refractivity contribution in [1.29, 1.82) is 0 Å². The molecule has 0 fully saturated rings. The lowest BCUT2D eigenvalue weighted by atomic mass is 10.1. The largest absolute Gasteiger partial charge is 0.493 e. The summed E-state index contributed by atoms with van der Waals surface area (Å²) in [4.78, 5) is 15.8. The highest BCUT2D eigenvalue weighted by molar-refractivity contribution is 7.17. The van der Waals surface area contributed by atoms with Crippen molar-refractivity contribution in [3.8, 4) is 22.1 Å². The molecule has 3 rings (SSSR count). The van der Waals surface area contributed by atoms with E-state index in [1.165, 1.54) is 5.56 Å². The van der Waals surface area contributed by atoms with E-state index in [0.717, 1.165) is 22.5 Å². The first-order valence-electron chi connectivity index (χ1n) is 8.05. The first-order valence-corrected chi connectivity index (χ1v) is 8.87. The molecule has 0 amide bonds. The van der Waals surface area contributed by atoms with Crippen LogP contribution in [0, 0.1) is 13.8 Å². The Hall–Kier alpha value is -2.86. The van der Waals surface area contributed by atoms with Crippen LogP contribution in [0.5, 0.6) is 11.5 Å². The number of carboxylic acid groups (broad SMARTS) is 1. The first kappa shape index (κ1) is 17.9. The lowest BCUT2D eigenvalue weighted by Gasteiger charge is -2.12. The summed E-state index contributed by atoms with van der Waals surface area (Å²) >= 11 is 1.15. The average molecular weight is 369 g/mol. The van der Waals surface area contributed by atoms with E-state index < -0.39 is 5.97 Å². The van der Waals surface area contributed by atoms with Gasteiger partial charge in [0, 0.05) is 5.56 Å². The number of aryl methyl sites for hydroxylation is 2. The molecule has 0 radical (unpaired) electrons. The van der Waals surface area contributed by atoms with Crippen molar-refractivity contribution >= 4 is 17.3 Å². The molecule has 0 aliphatic rings. The zero-order valence-corrected chi connectivity index (χ0v) is 15.6. The van der Waals surface area contributed by atoms with Gasteiger partial charge in [-0.25, -0.2) is 9.78 Å². The average Bonchev–Trinajstić information content (AvgIpc) is 3.03. The quantitative estimate of drug-likeness (QED) is 0.681. The van der Waals surface area contributed by atoms with Crippen molar-refractivity contribution < 1.29 is 19.4 Å². The molecular formula is C20H19NO4S. The molecule has 1 N–H and O–H groups in total. The standard InChI is InChI=1S/C20H19NO4S/c1-12-4-6-14(7-5-12)11-25-16-9-8-15(10-17(16)24-3)19-21-13(2)18(26-19)20(22)23/h4-10H,11H2,1-3H3,(H,22,23). The normalized spacial score (nSPS) is 10.6. The molecule has 2 aromatic carbocycles. The minimum atomic E-state index is -0.962. The Labute approximate surface area is 155 Å². The molecule has 1 heterocycles. The number of hydrogen-bond donors (Lipinski definition) is 1. The molecule has 0 atom stereocenters. The van der Waals surface area contributed by atoms with E-state index in [9.17, 15) is 9.90 Å². The van der Waals surface area contributed by atoms with Crippen LogP contribution < -0.4 is 9.47 Å². The second kappa shape index (κ2) is 7.58. The highest BCUT2D eigenvalue weighted by Gasteiger charge is 2.16. The minimum absolute atomic E-state index is 0.249. The number of aromatic carboxylic acids is 1. The van der Waals surface area contributed by atoms with E-state index in [4.69, 9.17) is 9.47 Å². The van der Waals surface area contributed by atoms with Crippen molar-refractivity contribution in [3.63, 3.8) is 0 Å². The van der Waals surface area contributed by atoms with Gasteiger partial charge in [-0.3, -0.25) is 0 Å². The van der Waals surface area contributed by atoms with Gasteiger partial charge in [-0.05, 0) is 37.6 Å². The molecule has 3 aromatic rings. The maximum absolute atomic E-state index is 11.2. The summed E-state index contributed by atoms with van der Waals surface area (Å²) in [5, 5.41) is 9.83. The molecule has 0 unspecified atom stereocenters. The zero-order chi connectivity index (χ0) is 18.7. The van der Waals surface area contributed by atoms with E-state index in [1.54, 1.807) is 14.0 Å². The molecular weight excluding hydrogens is 350 g/mol. The molecule has 0 aliphatic carbocycles. The van der Waals surface area contributed by atoms with Crippen LogP contribution in [0.4, 0.5) is 0 Å². The first-order chi connectivity index (χ1) is 12.5. The van der Waals surface area contributed by atoms with Crippen LogP contribution >= 0.6 is 11.3 Å². The van der Waals surface area contributed by atoms with Crippen LogP contribution in [0.25, 0.3) is 10.6 Å².